The average molecular weight is 309 g/mol. The molecule has 0 radical (unpaired) electrons. The second kappa shape index (κ2) is 8.36. The minimum Gasteiger partial charge on any atom is -0.396 e. The SMILES string of the molecule is CSCC(CCO)NCc1csc(-c2ccccn2)n1. The molecule has 2 aromatic heterocycles. The third-order valence-electron chi connectivity index (χ3n) is 2.85. The molecule has 0 bridgehead atoms. The molecule has 0 aromatic carbocycles. The van der Waals surface area contributed by atoms with Gasteiger partial charge < -0.3 is 10.4 Å². The molecule has 2 N–H and O–H groups in total. The maximum Gasteiger partial charge on any atom is 0.142 e. The Hall–Kier alpha value is -0.950. The Kier molecular flexibility index (Phi) is 6.46. The van der Waals surface area contributed by atoms with Crippen LogP contribution in [0.1, 0.15) is 12.1 Å². The summed E-state index contributed by atoms with van der Waals surface area (Å²) in [6.07, 6.45) is 4.64. The Labute approximate surface area is 127 Å². The van der Waals surface area contributed by atoms with Gasteiger partial charge in [0.25, 0.3) is 0 Å². The highest BCUT2D eigenvalue weighted by Gasteiger charge is 2.09. The average Bonchev–Trinajstić information content (AvgIpc) is 2.95. The monoisotopic (exact) mass is 309 g/mol. The molecule has 108 valence electrons. The summed E-state index contributed by atoms with van der Waals surface area (Å²) >= 11 is 3.40. The van der Waals surface area contributed by atoms with E-state index in [1.165, 1.54) is 0 Å². The molecule has 0 aliphatic carbocycles. The highest BCUT2D eigenvalue weighted by atomic mass is 32.2. The molecule has 0 saturated carbocycles. The molecular weight excluding hydrogens is 290 g/mol. The van der Waals surface area contributed by atoms with Crippen LogP contribution >= 0.6 is 23.1 Å². The largest absolute Gasteiger partial charge is 0.396 e. The van der Waals surface area contributed by atoms with Gasteiger partial charge >= 0.3 is 0 Å². The van der Waals surface area contributed by atoms with Crippen LogP contribution in [-0.2, 0) is 6.54 Å². The van der Waals surface area contributed by atoms with E-state index in [1.807, 2.05) is 18.2 Å². The molecular formula is C14H19N3OS2. The van der Waals surface area contributed by atoms with Gasteiger partial charge in [-0.15, -0.1) is 11.3 Å². The summed E-state index contributed by atoms with van der Waals surface area (Å²) in [4.78, 5) is 8.90. The van der Waals surface area contributed by atoms with E-state index in [9.17, 15) is 0 Å². The van der Waals surface area contributed by atoms with E-state index in [-0.39, 0.29) is 6.61 Å². The molecule has 6 heteroatoms. The molecule has 0 fully saturated rings. The lowest BCUT2D eigenvalue weighted by atomic mass is 10.2. The zero-order chi connectivity index (χ0) is 14.2. The van der Waals surface area contributed by atoms with Gasteiger partial charge in [0.05, 0.1) is 11.4 Å². The maximum absolute atomic E-state index is 9.04. The summed E-state index contributed by atoms with van der Waals surface area (Å²) in [6, 6.07) is 6.17. The number of hydrogen-bond acceptors (Lipinski definition) is 6. The van der Waals surface area contributed by atoms with Gasteiger partial charge in [0.1, 0.15) is 5.01 Å². The first kappa shape index (κ1) is 15.4. The summed E-state index contributed by atoms with van der Waals surface area (Å²) in [7, 11) is 0. The number of pyridine rings is 1. The topological polar surface area (TPSA) is 58.0 Å². The van der Waals surface area contributed by atoms with E-state index in [0.717, 1.165) is 35.1 Å². The van der Waals surface area contributed by atoms with Crippen molar-refractivity contribution in [3.63, 3.8) is 0 Å². The number of aliphatic hydroxyl groups excluding tert-OH is 1. The zero-order valence-corrected chi connectivity index (χ0v) is 13.1. The number of aliphatic hydroxyl groups is 1. The van der Waals surface area contributed by atoms with E-state index in [1.54, 1.807) is 29.3 Å². The Morgan fingerprint density at radius 3 is 3.05 bits per heavy atom. The first-order chi connectivity index (χ1) is 9.83. The van der Waals surface area contributed by atoms with Crippen LogP contribution in [0.25, 0.3) is 10.7 Å². The lowest BCUT2D eigenvalue weighted by molar-refractivity contribution is 0.269. The standard InChI is InChI=1S/C14H19N3OS2/c1-19-9-11(5-7-18)16-8-12-10-20-14(17-12)13-4-2-3-6-15-13/h2-4,6,10-11,16,18H,5,7-9H2,1H3. The Morgan fingerprint density at radius 1 is 1.45 bits per heavy atom. The molecule has 1 unspecified atom stereocenters. The van der Waals surface area contributed by atoms with Crippen molar-refractivity contribution >= 4 is 23.1 Å². The second-order valence-electron chi connectivity index (χ2n) is 4.40. The van der Waals surface area contributed by atoms with Crippen LogP contribution in [-0.4, -0.2) is 39.7 Å². The fourth-order valence-electron chi connectivity index (χ4n) is 1.85. The predicted octanol–water partition coefficient (Wildman–Crippen LogP) is 2.41. The first-order valence-electron chi connectivity index (χ1n) is 6.52. The highest BCUT2D eigenvalue weighted by Crippen LogP contribution is 2.21. The van der Waals surface area contributed by atoms with E-state index < -0.39 is 0 Å². The molecule has 2 rings (SSSR count). The molecule has 0 aliphatic heterocycles. The van der Waals surface area contributed by atoms with Crippen LogP contribution in [0.5, 0.6) is 0 Å². The van der Waals surface area contributed by atoms with Crippen LogP contribution in [0.15, 0.2) is 29.8 Å². The third-order valence-corrected chi connectivity index (χ3v) is 4.50. The van der Waals surface area contributed by atoms with Crippen molar-refractivity contribution in [2.45, 2.75) is 19.0 Å². The van der Waals surface area contributed by atoms with Gasteiger partial charge in [-0.2, -0.15) is 11.8 Å². The summed E-state index contributed by atoms with van der Waals surface area (Å²) in [5, 5.41) is 15.5. The molecule has 20 heavy (non-hydrogen) atoms. The molecule has 1 atom stereocenters. The van der Waals surface area contributed by atoms with Gasteiger partial charge in [-0.25, -0.2) is 4.98 Å². The Morgan fingerprint density at radius 2 is 2.35 bits per heavy atom. The number of thioether (sulfide) groups is 1. The molecule has 4 nitrogen and oxygen atoms in total. The van der Waals surface area contributed by atoms with Gasteiger partial charge in [-0.1, -0.05) is 6.07 Å². The number of nitrogens with one attached hydrogen (secondary N) is 1. The lowest BCUT2D eigenvalue weighted by Crippen LogP contribution is -2.31. The highest BCUT2D eigenvalue weighted by molar-refractivity contribution is 7.98. The van der Waals surface area contributed by atoms with Crippen LogP contribution in [0.2, 0.25) is 0 Å². The van der Waals surface area contributed by atoms with E-state index >= 15 is 0 Å². The van der Waals surface area contributed by atoms with Crippen molar-refractivity contribution in [3.05, 3.63) is 35.5 Å². The second-order valence-corrected chi connectivity index (χ2v) is 6.17. The molecule has 0 spiro atoms. The van der Waals surface area contributed by atoms with Crippen molar-refractivity contribution in [1.29, 1.82) is 0 Å². The smallest absolute Gasteiger partial charge is 0.142 e. The normalized spacial score (nSPS) is 12.5. The molecule has 2 heterocycles. The molecule has 0 amide bonds. The van der Waals surface area contributed by atoms with Crippen molar-refractivity contribution in [1.82, 2.24) is 15.3 Å². The van der Waals surface area contributed by atoms with Crippen molar-refractivity contribution in [2.24, 2.45) is 0 Å². The summed E-state index contributed by atoms with van der Waals surface area (Å²) in [5.41, 5.74) is 1.94. The van der Waals surface area contributed by atoms with Gasteiger partial charge in [-0.3, -0.25) is 4.98 Å². The first-order valence-corrected chi connectivity index (χ1v) is 8.80. The number of thiazole rings is 1. The van der Waals surface area contributed by atoms with Crippen LogP contribution in [0.4, 0.5) is 0 Å². The van der Waals surface area contributed by atoms with Crippen LogP contribution in [0, 0.1) is 0 Å². The van der Waals surface area contributed by atoms with E-state index in [0.29, 0.717) is 6.04 Å². The quantitative estimate of drug-likeness (QED) is 0.784. The summed E-state index contributed by atoms with van der Waals surface area (Å²) < 4.78 is 0. The number of hydrogen-bond donors (Lipinski definition) is 2. The van der Waals surface area contributed by atoms with Gasteiger partial charge in [0.2, 0.25) is 0 Å². The van der Waals surface area contributed by atoms with Crippen molar-refractivity contribution < 1.29 is 5.11 Å². The third kappa shape index (κ3) is 4.56. The Balaban J connectivity index is 1.92. The Bertz CT molecular complexity index is 498. The number of nitrogens with zero attached hydrogens (tertiary/aromatic N) is 2. The van der Waals surface area contributed by atoms with Gasteiger partial charge in [-0.05, 0) is 24.8 Å². The fraction of sp³-hybridized carbons (Fsp3) is 0.429. The predicted molar refractivity (Wildman–Crippen MR) is 86.1 cm³/mol. The summed E-state index contributed by atoms with van der Waals surface area (Å²) in [6.45, 7) is 0.947. The summed E-state index contributed by atoms with van der Waals surface area (Å²) in [5.74, 6) is 0.998. The molecule has 0 saturated heterocycles. The van der Waals surface area contributed by atoms with Crippen molar-refractivity contribution in [3.8, 4) is 10.7 Å². The van der Waals surface area contributed by atoms with Gasteiger partial charge in [0.15, 0.2) is 0 Å². The molecule has 0 aliphatic rings. The fourth-order valence-corrected chi connectivity index (χ4v) is 3.33. The number of aromatic nitrogens is 2. The minimum atomic E-state index is 0.217. The van der Waals surface area contributed by atoms with Crippen LogP contribution < -0.4 is 5.32 Å². The maximum atomic E-state index is 9.04. The van der Waals surface area contributed by atoms with Crippen LogP contribution in [0.3, 0.4) is 0 Å². The van der Waals surface area contributed by atoms with E-state index in [4.69, 9.17) is 5.11 Å². The zero-order valence-electron chi connectivity index (χ0n) is 11.5. The lowest BCUT2D eigenvalue weighted by Gasteiger charge is -2.15. The van der Waals surface area contributed by atoms with Crippen molar-refractivity contribution in [2.75, 3.05) is 18.6 Å². The van der Waals surface area contributed by atoms with E-state index in [2.05, 4.69) is 26.9 Å². The number of rotatable bonds is 8. The minimum absolute atomic E-state index is 0.217. The van der Waals surface area contributed by atoms with Gasteiger partial charge in [0, 0.05) is 36.5 Å². The molecule has 2 aromatic rings.